The summed E-state index contributed by atoms with van der Waals surface area (Å²) in [5.41, 5.74) is 2.65. The lowest BCUT2D eigenvalue weighted by molar-refractivity contribution is 0.132. The molecule has 0 radical (unpaired) electrons. The minimum absolute atomic E-state index is 0.357. The van der Waals surface area contributed by atoms with Crippen LogP contribution in [-0.2, 0) is 6.42 Å². The number of nitrogens with zero attached hydrogens (tertiary/aromatic N) is 1. The summed E-state index contributed by atoms with van der Waals surface area (Å²) in [5.74, 6) is 0.532. The van der Waals surface area contributed by atoms with Gasteiger partial charge in [0, 0.05) is 30.3 Å². The Morgan fingerprint density at radius 2 is 2.00 bits per heavy atom. The molecule has 1 aliphatic rings. The van der Waals surface area contributed by atoms with Gasteiger partial charge >= 0.3 is 0 Å². The molecule has 3 nitrogen and oxygen atoms in total. The smallest absolute Gasteiger partial charge is 0.0460 e. The Hall–Kier alpha value is -1.32. The third-order valence-electron chi connectivity index (χ3n) is 4.34. The van der Waals surface area contributed by atoms with Gasteiger partial charge < -0.3 is 15.0 Å². The molecule has 2 heterocycles. The SMILES string of the molecule is OCC1CCN(CCc2c[nH]c3ccccc23)CC1. The Bertz CT molecular complexity index is 526. The van der Waals surface area contributed by atoms with E-state index >= 15 is 0 Å². The number of aliphatic hydroxyl groups is 1. The fourth-order valence-electron chi connectivity index (χ4n) is 3.01. The Kier molecular flexibility index (Phi) is 3.85. The average Bonchev–Trinajstić information content (AvgIpc) is 2.89. The summed E-state index contributed by atoms with van der Waals surface area (Å²) in [6.45, 7) is 3.75. The maximum atomic E-state index is 9.15. The van der Waals surface area contributed by atoms with Crippen molar-refractivity contribution < 1.29 is 5.11 Å². The lowest BCUT2D eigenvalue weighted by atomic mass is 9.97. The van der Waals surface area contributed by atoms with Crippen LogP contribution in [0.1, 0.15) is 18.4 Å². The quantitative estimate of drug-likeness (QED) is 0.884. The van der Waals surface area contributed by atoms with E-state index < -0.39 is 0 Å². The molecule has 0 spiro atoms. The van der Waals surface area contributed by atoms with Gasteiger partial charge in [-0.2, -0.15) is 0 Å². The first kappa shape index (κ1) is 12.7. The molecular weight excluding hydrogens is 236 g/mol. The molecule has 0 bridgehead atoms. The zero-order chi connectivity index (χ0) is 13.1. The molecule has 1 aromatic heterocycles. The molecule has 102 valence electrons. The first-order valence-electron chi connectivity index (χ1n) is 7.25. The molecule has 1 aromatic carbocycles. The summed E-state index contributed by atoms with van der Waals surface area (Å²) in [6.07, 6.45) is 5.54. The van der Waals surface area contributed by atoms with Crippen LogP contribution in [0.2, 0.25) is 0 Å². The van der Waals surface area contributed by atoms with Gasteiger partial charge in [-0.1, -0.05) is 18.2 Å². The predicted octanol–water partition coefficient (Wildman–Crippen LogP) is 2.41. The zero-order valence-electron chi connectivity index (χ0n) is 11.3. The molecule has 1 saturated heterocycles. The van der Waals surface area contributed by atoms with Crippen molar-refractivity contribution >= 4 is 10.9 Å². The van der Waals surface area contributed by atoms with Crippen molar-refractivity contribution in [3.63, 3.8) is 0 Å². The summed E-state index contributed by atoms with van der Waals surface area (Å²) in [4.78, 5) is 5.86. The number of benzene rings is 1. The fraction of sp³-hybridized carbons (Fsp3) is 0.500. The molecule has 0 atom stereocenters. The number of aliphatic hydroxyl groups excluding tert-OH is 1. The third kappa shape index (κ3) is 2.82. The van der Waals surface area contributed by atoms with Gasteiger partial charge in [0.25, 0.3) is 0 Å². The van der Waals surface area contributed by atoms with Crippen molar-refractivity contribution in [2.75, 3.05) is 26.2 Å². The van der Waals surface area contributed by atoms with Gasteiger partial charge in [0.05, 0.1) is 0 Å². The van der Waals surface area contributed by atoms with E-state index in [1.165, 1.54) is 16.5 Å². The average molecular weight is 258 g/mol. The highest BCUT2D eigenvalue weighted by molar-refractivity contribution is 5.83. The van der Waals surface area contributed by atoms with Gasteiger partial charge in [-0.3, -0.25) is 0 Å². The number of aromatic nitrogens is 1. The van der Waals surface area contributed by atoms with E-state index in [9.17, 15) is 0 Å². The lowest BCUT2D eigenvalue weighted by Gasteiger charge is -2.30. The molecule has 0 saturated carbocycles. The predicted molar refractivity (Wildman–Crippen MR) is 78.3 cm³/mol. The Morgan fingerprint density at radius 1 is 1.21 bits per heavy atom. The van der Waals surface area contributed by atoms with Crippen molar-refractivity contribution in [1.29, 1.82) is 0 Å². The number of H-pyrrole nitrogens is 1. The molecule has 0 aliphatic carbocycles. The summed E-state index contributed by atoms with van der Waals surface area (Å²) in [6, 6.07) is 8.50. The summed E-state index contributed by atoms with van der Waals surface area (Å²) >= 11 is 0. The van der Waals surface area contributed by atoms with Crippen LogP contribution in [0, 0.1) is 5.92 Å². The third-order valence-corrected chi connectivity index (χ3v) is 4.34. The molecule has 2 aromatic rings. The van der Waals surface area contributed by atoms with Crippen LogP contribution >= 0.6 is 0 Å². The second kappa shape index (κ2) is 5.76. The Morgan fingerprint density at radius 3 is 2.79 bits per heavy atom. The first-order chi connectivity index (χ1) is 9.36. The largest absolute Gasteiger partial charge is 0.396 e. The topological polar surface area (TPSA) is 39.3 Å². The van der Waals surface area contributed by atoms with Crippen LogP contribution in [-0.4, -0.2) is 41.2 Å². The molecule has 3 rings (SSSR count). The molecule has 0 amide bonds. The molecule has 1 fully saturated rings. The van der Waals surface area contributed by atoms with E-state index in [0.717, 1.165) is 38.9 Å². The van der Waals surface area contributed by atoms with Crippen LogP contribution in [0.25, 0.3) is 10.9 Å². The maximum absolute atomic E-state index is 9.15. The normalized spacial score (nSPS) is 18.2. The van der Waals surface area contributed by atoms with E-state index in [-0.39, 0.29) is 0 Å². The van der Waals surface area contributed by atoms with Gasteiger partial charge in [0.1, 0.15) is 0 Å². The highest BCUT2D eigenvalue weighted by Gasteiger charge is 2.18. The van der Waals surface area contributed by atoms with Crippen LogP contribution < -0.4 is 0 Å². The van der Waals surface area contributed by atoms with Gasteiger partial charge in [-0.15, -0.1) is 0 Å². The number of hydrogen-bond donors (Lipinski definition) is 2. The highest BCUT2D eigenvalue weighted by Crippen LogP contribution is 2.20. The van der Waals surface area contributed by atoms with Crippen molar-refractivity contribution in [1.82, 2.24) is 9.88 Å². The number of hydrogen-bond acceptors (Lipinski definition) is 2. The van der Waals surface area contributed by atoms with Crippen LogP contribution in [0.3, 0.4) is 0 Å². The maximum Gasteiger partial charge on any atom is 0.0460 e. The minimum Gasteiger partial charge on any atom is -0.396 e. The number of rotatable bonds is 4. The summed E-state index contributed by atoms with van der Waals surface area (Å²) in [7, 11) is 0. The van der Waals surface area contributed by atoms with Crippen molar-refractivity contribution in [3.05, 3.63) is 36.0 Å². The summed E-state index contributed by atoms with van der Waals surface area (Å²) in [5, 5.41) is 10.5. The van der Waals surface area contributed by atoms with Gasteiger partial charge in [-0.25, -0.2) is 0 Å². The number of para-hydroxylation sites is 1. The number of aromatic amines is 1. The standard InChI is InChI=1S/C16H22N2O/c19-12-13-5-8-18(9-6-13)10-7-14-11-17-16-4-2-1-3-15(14)16/h1-4,11,13,17,19H,5-10,12H2. The van der Waals surface area contributed by atoms with Crippen molar-refractivity contribution in [2.45, 2.75) is 19.3 Å². The van der Waals surface area contributed by atoms with Gasteiger partial charge in [-0.05, 0) is 49.9 Å². The van der Waals surface area contributed by atoms with E-state index in [0.29, 0.717) is 12.5 Å². The van der Waals surface area contributed by atoms with Gasteiger partial charge in [0.2, 0.25) is 0 Å². The first-order valence-corrected chi connectivity index (χ1v) is 7.25. The minimum atomic E-state index is 0.357. The number of nitrogens with one attached hydrogen (secondary N) is 1. The second-order valence-corrected chi connectivity index (χ2v) is 5.58. The van der Waals surface area contributed by atoms with E-state index in [2.05, 4.69) is 40.3 Å². The molecular formula is C16H22N2O. The molecule has 19 heavy (non-hydrogen) atoms. The second-order valence-electron chi connectivity index (χ2n) is 5.58. The van der Waals surface area contributed by atoms with Crippen LogP contribution in [0.4, 0.5) is 0 Å². The monoisotopic (exact) mass is 258 g/mol. The number of likely N-dealkylation sites (tertiary alicyclic amines) is 1. The lowest BCUT2D eigenvalue weighted by Crippen LogP contribution is -2.36. The van der Waals surface area contributed by atoms with E-state index in [1.54, 1.807) is 0 Å². The van der Waals surface area contributed by atoms with Crippen LogP contribution in [0.5, 0.6) is 0 Å². The Balaban J connectivity index is 1.58. The number of piperidine rings is 1. The van der Waals surface area contributed by atoms with Crippen molar-refractivity contribution in [2.24, 2.45) is 5.92 Å². The zero-order valence-corrected chi connectivity index (χ0v) is 11.3. The Labute approximate surface area is 114 Å². The van der Waals surface area contributed by atoms with Crippen LogP contribution in [0.15, 0.2) is 30.5 Å². The fourth-order valence-corrected chi connectivity index (χ4v) is 3.01. The molecule has 1 aliphatic heterocycles. The molecule has 2 N–H and O–H groups in total. The number of fused-ring (bicyclic) bond motifs is 1. The summed E-state index contributed by atoms with van der Waals surface area (Å²) < 4.78 is 0. The molecule has 0 unspecified atom stereocenters. The van der Waals surface area contributed by atoms with Crippen molar-refractivity contribution in [3.8, 4) is 0 Å². The highest BCUT2D eigenvalue weighted by atomic mass is 16.3. The van der Waals surface area contributed by atoms with E-state index in [4.69, 9.17) is 5.11 Å². The molecule has 3 heteroatoms. The van der Waals surface area contributed by atoms with E-state index in [1.807, 2.05) is 0 Å². The van der Waals surface area contributed by atoms with Gasteiger partial charge in [0.15, 0.2) is 0 Å².